The first kappa shape index (κ1) is 23.8. The average molecular weight is 501 g/mol. The maximum Gasteiger partial charge on any atom is 0.311 e. The number of nitrogens with one attached hydrogen (secondary N) is 1. The first-order valence-electron chi connectivity index (χ1n) is 10.7. The van der Waals surface area contributed by atoms with Gasteiger partial charge >= 0.3 is 5.97 Å². The van der Waals surface area contributed by atoms with Crippen LogP contribution in [0.3, 0.4) is 0 Å². The van der Waals surface area contributed by atoms with Crippen LogP contribution in [-0.2, 0) is 25.5 Å². The number of hydrogen-bond acceptors (Lipinski definition) is 9. The Morgan fingerprint density at radius 1 is 1.26 bits per heavy atom. The van der Waals surface area contributed by atoms with Crippen molar-refractivity contribution in [1.82, 2.24) is 9.97 Å². The minimum absolute atomic E-state index is 0.0331. The van der Waals surface area contributed by atoms with Crippen LogP contribution in [0.25, 0.3) is 11.3 Å². The van der Waals surface area contributed by atoms with E-state index < -0.39 is 12.0 Å². The molecule has 0 aliphatic carbocycles. The molecule has 2 amide bonds. The van der Waals surface area contributed by atoms with Gasteiger partial charge in [-0.3, -0.25) is 19.3 Å². The standard InChI is InChI=1S/C23H24N4O5S2/c1-5-31-20(29)9-16-11-33-23(25-16)26-19(28)10-27-17-8-15(21-13(3)34-14(4)24-21)6-7-18(17)32-12(2)22(27)30/h6-8,11-12H,5,9-10H2,1-4H3,(H,25,26,28). The SMILES string of the molecule is CCOC(=O)Cc1csc(NC(=O)CN2C(=O)C(C)Oc3ccc(-c4nc(C)sc4C)cc32)n1. The molecule has 0 spiro atoms. The lowest BCUT2D eigenvalue weighted by molar-refractivity contribution is -0.142. The number of carbonyl (C=O) groups is 3. The molecule has 2 aromatic heterocycles. The summed E-state index contributed by atoms with van der Waals surface area (Å²) in [6, 6.07) is 5.53. The van der Waals surface area contributed by atoms with Crippen molar-refractivity contribution in [1.29, 1.82) is 0 Å². The quantitative estimate of drug-likeness (QED) is 0.492. The summed E-state index contributed by atoms with van der Waals surface area (Å²) >= 11 is 2.81. The fraction of sp³-hybridized carbons (Fsp3) is 0.348. The van der Waals surface area contributed by atoms with E-state index in [0.717, 1.165) is 21.1 Å². The van der Waals surface area contributed by atoms with Crippen molar-refractivity contribution in [2.75, 3.05) is 23.4 Å². The van der Waals surface area contributed by atoms with Gasteiger partial charge in [0.05, 0.1) is 35.1 Å². The second-order valence-corrected chi connectivity index (χ2v) is 9.94. The molecule has 3 aromatic rings. The number of benzene rings is 1. The summed E-state index contributed by atoms with van der Waals surface area (Å²) in [5.41, 5.74) is 2.72. The van der Waals surface area contributed by atoms with Gasteiger partial charge < -0.3 is 14.8 Å². The topological polar surface area (TPSA) is 111 Å². The maximum atomic E-state index is 12.9. The molecule has 34 heavy (non-hydrogen) atoms. The zero-order valence-corrected chi connectivity index (χ0v) is 20.8. The monoisotopic (exact) mass is 500 g/mol. The van der Waals surface area contributed by atoms with Crippen LogP contribution in [0.4, 0.5) is 10.8 Å². The Balaban J connectivity index is 1.53. The zero-order chi connectivity index (χ0) is 24.4. The third-order valence-corrected chi connectivity index (χ3v) is 6.77. The van der Waals surface area contributed by atoms with E-state index in [4.69, 9.17) is 9.47 Å². The molecular formula is C23H24N4O5S2. The Kier molecular flexibility index (Phi) is 6.94. The average Bonchev–Trinajstić information content (AvgIpc) is 3.36. The second kappa shape index (κ2) is 9.90. The zero-order valence-electron chi connectivity index (χ0n) is 19.2. The minimum Gasteiger partial charge on any atom is -0.479 e. The maximum absolute atomic E-state index is 12.9. The molecule has 1 atom stereocenters. The number of ether oxygens (including phenoxy) is 2. The lowest BCUT2D eigenvalue weighted by atomic mass is 10.1. The summed E-state index contributed by atoms with van der Waals surface area (Å²) in [7, 11) is 0. The molecule has 0 saturated heterocycles. The number of aryl methyl sites for hydroxylation is 2. The smallest absolute Gasteiger partial charge is 0.311 e. The molecule has 0 saturated carbocycles. The molecule has 1 aliphatic rings. The van der Waals surface area contributed by atoms with Crippen molar-refractivity contribution in [2.24, 2.45) is 0 Å². The van der Waals surface area contributed by atoms with Crippen molar-refractivity contribution in [3.8, 4) is 17.0 Å². The summed E-state index contributed by atoms with van der Waals surface area (Å²) in [5, 5.41) is 5.70. The van der Waals surface area contributed by atoms with Crippen LogP contribution in [0.2, 0.25) is 0 Å². The Hall–Kier alpha value is -3.31. The largest absolute Gasteiger partial charge is 0.479 e. The number of rotatable bonds is 7. The summed E-state index contributed by atoms with van der Waals surface area (Å²) in [6.45, 7) is 7.42. The molecule has 1 unspecified atom stereocenters. The van der Waals surface area contributed by atoms with Crippen LogP contribution in [0.15, 0.2) is 23.6 Å². The molecule has 0 fully saturated rings. The number of hydrogen-bond donors (Lipinski definition) is 1. The highest BCUT2D eigenvalue weighted by molar-refractivity contribution is 7.14. The van der Waals surface area contributed by atoms with Gasteiger partial charge in [0.2, 0.25) is 5.91 Å². The summed E-state index contributed by atoms with van der Waals surface area (Å²) < 4.78 is 10.7. The number of fused-ring (bicyclic) bond motifs is 1. The van der Waals surface area contributed by atoms with E-state index in [1.165, 1.54) is 16.2 Å². The van der Waals surface area contributed by atoms with Crippen LogP contribution < -0.4 is 15.0 Å². The molecule has 0 radical (unpaired) electrons. The fourth-order valence-corrected chi connectivity index (χ4v) is 5.19. The Morgan fingerprint density at radius 3 is 2.76 bits per heavy atom. The molecular weight excluding hydrogens is 476 g/mol. The molecule has 178 valence electrons. The van der Waals surface area contributed by atoms with Crippen LogP contribution >= 0.6 is 22.7 Å². The fourth-order valence-electron chi connectivity index (χ4n) is 3.62. The molecule has 11 heteroatoms. The molecule has 1 aliphatic heterocycles. The molecule has 3 heterocycles. The van der Waals surface area contributed by atoms with Gasteiger partial charge in [0.25, 0.3) is 5.91 Å². The number of amides is 2. The van der Waals surface area contributed by atoms with Gasteiger partial charge in [-0.2, -0.15) is 0 Å². The summed E-state index contributed by atoms with van der Waals surface area (Å²) in [5.74, 6) is -0.569. The van der Waals surface area contributed by atoms with Crippen molar-refractivity contribution < 1.29 is 23.9 Å². The predicted molar refractivity (Wildman–Crippen MR) is 131 cm³/mol. The minimum atomic E-state index is -0.717. The van der Waals surface area contributed by atoms with Gasteiger partial charge in [-0.15, -0.1) is 22.7 Å². The highest BCUT2D eigenvalue weighted by Gasteiger charge is 2.33. The lowest BCUT2D eigenvalue weighted by Crippen LogP contribution is -2.47. The van der Waals surface area contributed by atoms with Crippen molar-refractivity contribution in [2.45, 2.75) is 40.2 Å². The highest BCUT2D eigenvalue weighted by atomic mass is 32.1. The second-order valence-electron chi connectivity index (χ2n) is 7.68. The van der Waals surface area contributed by atoms with E-state index in [0.29, 0.717) is 28.9 Å². The van der Waals surface area contributed by atoms with Crippen molar-refractivity contribution in [3.63, 3.8) is 0 Å². The Labute approximate surface area is 204 Å². The van der Waals surface area contributed by atoms with Gasteiger partial charge in [-0.1, -0.05) is 0 Å². The van der Waals surface area contributed by atoms with Crippen LogP contribution in [0.5, 0.6) is 5.75 Å². The first-order chi connectivity index (χ1) is 16.2. The van der Waals surface area contributed by atoms with E-state index in [9.17, 15) is 14.4 Å². The molecule has 1 N–H and O–H groups in total. The molecule has 1 aromatic carbocycles. The third-order valence-electron chi connectivity index (χ3n) is 5.07. The first-order valence-corrected chi connectivity index (χ1v) is 12.4. The van der Waals surface area contributed by atoms with E-state index >= 15 is 0 Å². The van der Waals surface area contributed by atoms with Crippen LogP contribution in [-0.4, -0.2) is 47.0 Å². The normalized spacial score (nSPS) is 15.0. The van der Waals surface area contributed by atoms with Gasteiger partial charge in [0.15, 0.2) is 11.2 Å². The van der Waals surface area contributed by atoms with Gasteiger partial charge in [0, 0.05) is 15.8 Å². The van der Waals surface area contributed by atoms with Gasteiger partial charge in [0.1, 0.15) is 12.3 Å². The number of thiazole rings is 2. The number of esters is 1. The van der Waals surface area contributed by atoms with Gasteiger partial charge in [-0.25, -0.2) is 9.97 Å². The number of aromatic nitrogens is 2. The predicted octanol–water partition coefficient (Wildman–Crippen LogP) is 3.74. The van der Waals surface area contributed by atoms with E-state index in [1.54, 1.807) is 36.6 Å². The van der Waals surface area contributed by atoms with E-state index in [1.807, 2.05) is 26.0 Å². The lowest BCUT2D eigenvalue weighted by Gasteiger charge is -2.32. The number of carbonyl (C=O) groups excluding carboxylic acids is 3. The Morgan fingerprint density at radius 2 is 2.06 bits per heavy atom. The van der Waals surface area contributed by atoms with Gasteiger partial charge in [-0.05, 0) is 45.9 Å². The Bertz CT molecular complexity index is 1250. The van der Waals surface area contributed by atoms with Crippen molar-refractivity contribution >= 4 is 51.3 Å². The third kappa shape index (κ3) is 5.10. The summed E-state index contributed by atoms with van der Waals surface area (Å²) in [6.07, 6.45) is -0.684. The van der Waals surface area contributed by atoms with Crippen molar-refractivity contribution in [3.05, 3.63) is 39.2 Å². The molecule has 0 bridgehead atoms. The number of anilines is 2. The molecule has 9 nitrogen and oxygen atoms in total. The van der Waals surface area contributed by atoms with E-state index in [2.05, 4.69) is 15.3 Å². The number of nitrogens with zero attached hydrogens (tertiary/aromatic N) is 3. The summed E-state index contributed by atoms with van der Waals surface area (Å²) in [4.78, 5) is 48.7. The highest BCUT2D eigenvalue weighted by Crippen LogP contribution is 2.38. The van der Waals surface area contributed by atoms with Crippen LogP contribution in [0.1, 0.15) is 29.4 Å². The van der Waals surface area contributed by atoms with E-state index in [-0.39, 0.29) is 24.8 Å². The molecule has 4 rings (SSSR count). The van der Waals surface area contributed by atoms with Crippen LogP contribution in [0, 0.1) is 13.8 Å².